The molecule has 3 rings (SSSR count). The first-order valence-corrected chi connectivity index (χ1v) is 8.68. The number of aromatic nitrogens is 3. The van der Waals surface area contributed by atoms with Crippen LogP contribution in [0.3, 0.4) is 0 Å². The predicted octanol–water partition coefficient (Wildman–Crippen LogP) is 5.75. The first-order chi connectivity index (χ1) is 13.3. The van der Waals surface area contributed by atoms with E-state index in [2.05, 4.69) is 10.1 Å². The Bertz CT molecular complexity index is 998. The molecule has 1 unspecified atom stereocenters. The van der Waals surface area contributed by atoms with Crippen LogP contribution in [0.15, 0.2) is 55.1 Å². The molecule has 1 heterocycles. The highest BCUT2D eigenvalue weighted by Crippen LogP contribution is 2.38. The number of allylic oxidation sites excluding steroid dienone is 1. The Morgan fingerprint density at radius 3 is 2.36 bits per heavy atom. The number of carbonyl (C=O) groups is 1. The molecular formula is C19H12Cl2F3N3O. The van der Waals surface area contributed by atoms with E-state index >= 15 is 0 Å². The molecule has 0 saturated carbocycles. The van der Waals surface area contributed by atoms with Crippen LogP contribution >= 0.6 is 23.2 Å². The van der Waals surface area contributed by atoms with E-state index in [1.165, 1.54) is 47.7 Å². The van der Waals surface area contributed by atoms with Crippen LogP contribution in [0.2, 0.25) is 10.0 Å². The molecule has 0 amide bonds. The van der Waals surface area contributed by atoms with Gasteiger partial charge in [-0.05, 0) is 41.5 Å². The van der Waals surface area contributed by atoms with E-state index in [0.717, 1.165) is 6.08 Å². The van der Waals surface area contributed by atoms with Gasteiger partial charge < -0.3 is 0 Å². The summed E-state index contributed by atoms with van der Waals surface area (Å²) in [7, 11) is 0. The molecular weight excluding hydrogens is 414 g/mol. The van der Waals surface area contributed by atoms with Crippen molar-refractivity contribution in [3.05, 3.63) is 81.9 Å². The standard InChI is InChI=1S/C19H12Cl2F3N3O/c20-15-6-13(7-16(21)8-15)17(19(22,23)24)3-1-12-2-4-18(14(5-12)9-28)27-11-25-10-26-27/h1-11,17H/b3-1+. The lowest BCUT2D eigenvalue weighted by molar-refractivity contribution is -0.139. The van der Waals surface area contributed by atoms with Gasteiger partial charge in [0.2, 0.25) is 0 Å². The van der Waals surface area contributed by atoms with Crippen molar-refractivity contribution in [2.75, 3.05) is 0 Å². The number of nitrogens with zero attached hydrogens (tertiary/aromatic N) is 3. The zero-order valence-electron chi connectivity index (χ0n) is 14.1. The van der Waals surface area contributed by atoms with E-state index in [0.29, 0.717) is 17.5 Å². The molecule has 0 spiro atoms. The number of rotatable bonds is 5. The molecule has 0 saturated heterocycles. The second-order valence-corrected chi connectivity index (χ2v) is 6.73. The molecule has 1 aromatic heterocycles. The molecule has 0 aliphatic carbocycles. The zero-order chi connectivity index (χ0) is 20.3. The zero-order valence-corrected chi connectivity index (χ0v) is 15.6. The molecule has 0 fully saturated rings. The van der Waals surface area contributed by atoms with Crippen LogP contribution in [-0.4, -0.2) is 27.2 Å². The van der Waals surface area contributed by atoms with Gasteiger partial charge in [-0.2, -0.15) is 18.3 Å². The Kier molecular flexibility index (Phi) is 5.86. The van der Waals surface area contributed by atoms with Crippen LogP contribution in [0.1, 0.15) is 27.4 Å². The number of hydrogen-bond acceptors (Lipinski definition) is 3. The van der Waals surface area contributed by atoms with Crippen molar-refractivity contribution in [1.82, 2.24) is 14.8 Å². The third-order valence-corrected chi connectivity index (χ3v) is 4.36. The van der Waals surface area contributed by atoms with Crippen molar-refractivity contribution < 1.29 is 18.0 Å². The molecule has 4 nitrogen and oxygen atoms in total. The van der Waals surface area contributed by atoms with E-state index in [-0.39, 0.29) is 21.2 Å². The van der Waals surface area contributed by atoms with Crippen molar-refractivity contribution >= 4 is 35.6 Å². The van der Waals surface area contributed by atoms with Gasteiger partial charge in [-0.1, -0.05) is 41.4 Å². The van der Waals surface area contributed by atoms with Crippen molar-refractivity contribution in [3.63, 3.8) is 0 Å². The van der Waals surface area contributed by atoms with Gasteiger partial charge >= 0.3 is 6.18 Å². The van der Waals surface area contributed by atoms with Crippen LogP contribution in [0.25, 0.3) is 11.8 Å². The molecule has 0 bridgehead atoms. The topological polar surface area (TPSA) is 47.8 Å². The number of alkyl halides is 3. The minimum Gasteiger partial charge on any atom is -0.298 e. The van der Waals surface area contributed by atoms with Gasteiger partial charge in [0.15, 0.2) is 6.29 Å². The van der Waals surface area contributed by atoms with E-state index in [4.69, 9.17) is 23.2 Å². The third-order valence-electron chi connectivity index (χ3n) is 3.92. The van der Waals surface area contributed by atoms with Gasteiger partial charge in [0.1, 0.15) is 12.7 Å². The Balaban J connectivity index is 1.96. The molecule has 0 N–H and O–H groups in total. The molecule has 0 aliphatic rings. The predicted molar refractivity (Wildman–Crippen MR) is 101 cm³/mol. The summed E-state index contributed by atoms with van der Waals surface area (Å²) in [5, 5.41) is 4.17. The number of hydrogen-bond donors (Lipinski definition) is 0. The summed E-state index contributed by atoms with van der Waals surface area (Å²) in [5.74, 6) is -1.90. The first-order valence-electron chi connectivity index (χ1n) is 7.93. The molecule has 144 valence electrons. The smallest absolute Gasteiger partial charge is 0.298 e. The largest absolute Gasteiger partial charge is 0.399 e. The summed E-state index contributed by atoms with van der Waals surface area (Å²) in [4.78, 5) is 15.2. The second kappa shape index (κ2) is 8.16. The fraction of sp³-hybridized carbons (Fsp3) is 0.105. The highest BCUT2D eigenvalue weighted by Gasteiger charge is 2.39. The number of benzene rings is 2. The number of carbonyl (C=O) groups excluding carboxylic acids is 1. The Hall–Kier alpha value is -2.64. The van der Waals surface area contributed by atoms with Gasteiger partial charge in [0, 0.05) is 15.6 Å². The molecule has 0 radical (unpaired) electrons. The van der Waals surface area contributed by atoms with Crippen LogP contribution in [0, 0.1) is 0 Å². The van der Waals surface area contributed by atoms with Crippen LogP contribution in [0.5, 0.6) is 0 Å². The Morgan fingerprint density at radius 2 is 1.79 bits per heavy atom. The van der Waals surface area contributed by atoms with E-state index in [1.807, 2.05) is 0 Å². The molecule has 3 aromatic rings. The summed E-state index contributed by atoms with van der Waals surface area (Å²) in [6.45, 7) is 0. The lowest BCUT2D eigenvalue weighted by atomic mass is 9.96. The van der Waals surface area contributed by atoms with Gasteiger partial charge in [-0.15, -0.1) is 0 Å². The lowest BCUT2D eigenvalue weighted by Gasteiger charge is -2.18. The fourth-order valence-electron chi connectivity index (χ4n) is 2.68. The van der Waals surface area contributed by atoms with E-state index in [1.54, 1.807) is 12.1 Å². The van der Waals surface area contributed by atoms with Crippen LogP contribution in [0.4, 0.5) is 13.2 Å². The van der Waals surface area contributed by atoms with Gasteiger partial charge in [-0.3, -0.25) is 4.79 Å². The molecule has 9 heteroatoms. The Labute approximate surface area is 168 Å². The van der Waals surface area contributed by atoms with Crippen molar-refractivity contribution in [2.45, 2.75) is 12.1 Å². The van der Waals surface area contributed by atoms with Crippen LogP contribution in [-0.2, 0) is 0 Å². The van der Waals surface area contributed by atoms with Gasteiger partial charge in [0.05, 0.1) is 11.6 Å². The highest BCUT2D eigenvalue weighted by molar-refractivity contribution is 6.34. The lowest BCUT2D eigenvalue weighted by Crippen LogP contribution is -2.18. The average Bonchev–Trinajstić information content (AvgIpc) is 3.14. The number of aldehydes is 1. The number of halogens is 5. The normalized spacial score (nSPS) is 13.0. The van der Waals surface area contributed by atoms with Crippen LogP contribution < -0.4 is 0 Å². The SMILES string of the molecule is O=Cc1cc(/C=C/C(c2cc(Cl)cc(Cl)c2)C(F)(F)F)ccc1-n1cncn1. The summed E-state index contributed by atoms with van der Waals surface area (Å²) in [6, 6.07) is 8.44. The summed E-state index contributed by atoms with van der Waals surface area (Å²) >= 11 is 11.7. The van der Waals surface area contributed by atoms with Crippen molar-refractivity contribution in [1.29, 1.82) is 0 Å². The molecule has 0 aliphatic heterocycles. The Morgan fingerprint density at radius 1 is 1.07 bits per heavy atom. The van der Waals surface area contributed by atoms with E-state index < -0.39 is 12.1 Å². The minimum absolute atomic E-state index is 0.0731. The first kappa shape index (κ1) is 20.1. The average molecular weight is 426 g/mol. The highest BCUT2D eigenvalue weighted by atomic mass is 35.5. The second-order valence-electron chi connectivity index (χ2n) is 5.86. The molecule has 2 aromatic carbocycles. The van der Waals surface area contributed by atoms with Crippen molar-refractivity contribution in [3.8, 4) is 5.69 Å². The quantitative estimate of drug-likeness (QED) is 0.489. The minimum atomic E-state index is -4.54. The summed E-state index contributed by atoms with van der Waals surface area (Å²) in [5.41, 5.74) is 1.09. The maximum Gasteiger partial charge on any atom is 0.399 e. The summed E-state index contributed by atoms with van der Waals surface area (Å²) < 4.78 is 42.1. The molecule has 28 heavy (non-hydrogen) atoms. The fourth-order valence-corrected chi connectivity index (χ4v) is 3.23. The monoisotopic (exact) mass is 425 g/mol. The van der Waals surface area contributed by atoms with Gasteiger partial charge in [0.25, 0.3) is 0 Å². The van der Waals surface area contributed by atoms with Gasteiger partial charge in [-0.25, -0.2) is 9.67 Å². The maximum atomic E-state index is 13.6. The third kappa shape index (κ3) is 4.61. The van der Waals surface area contributed by atoms with Crippen molar-refractivity contribution in [2.24, 2.45) is 0 Å². The molecule has 1 atom stereocenters. The maximum absolute atomic E-state index is 13.6. The van der Waals surface area contributed by atoms with E-state index in [9.17, 15) is 18.0 Å². The summed E-state index contributed by atoms with van der Waals surface area (Å²) in [6.07, 6.45) is 1.09.